The molecule has 2 nitrogen and oxygen atoms in total. The van der Waals surface area contributed by atoms with Gasteiger partial charge in [-0.25, -0.2) is 4.39 Å². The van der Waals surface area contributed by atoms with Gasteiger partial charge in [0.15, 0.2) is 0 Å². The first-order valence-corrected chi connectivity index (χ1v) is 5.49. The number of hydrogen-bond donors (Lipinski definition) is 1. The van der Waals surface area contributed by atoms with Crippen LogP contribution in [0.2, 0.25) is 0 Å². The molecule has 2 rings (SSSR count). The minimum atomic E-state index is -0.327. The summed E-state index contributed by atoms with van der Waals surface area (Å²) in [6.07, 6.45) is 0. The number of benzene rings is 2. The molecule has 88 valence electrons. The molecule has 0 bridgehead atoms. The summed E-state index contributed by atoms with van der Waals surface area (Å²) in [7, 11) is 0. The van der Waals surface area contributed by atoms with Gasteiger partial charge in [-0.15, -0.1) is 0 Å². The third-order valence-electron chi connectivity index (χ3n) is 2.47. The molecule has 0 aliphatic carbocycles. The molecule has 0 fully saturated rings. The SMILES string of the molecule is CCOc1cccc(-c2ccc(F)cc2N)c1. The van der Waals surface area contributed by atoms with Crippen molar-refractivity contribution in [3.8, 4) is 16.9 Å². The second kappa shape index (κ2) is 4.87. The van der Waals surface area contributed by atoms with Crippen molar-refractivity contribution in [2.75, 3.05) is 12.3 Å². The fourth-order valence-corrected chi connectivity index (χ4v) is 1.72. The van der Waals surface area contributed by atoms with Gasteiger partial charge in [-0.2, -0.15) is 0 Å². The van der Waals surface area contributed by atoms with Crippen LogP contribution >= 0.6 is 0 Å². The quantitative estimate of drug-likeness (QED) is 0.821. The minimum absolute atomic E-state index is 0.327. The van der Waals surface area contributed by atoms with Gasteiger partial charge in [-0.05, 0) is 42.8 Å². The third-order valence-corrected chi connectivity index (χ3v) is 2.47. The Bertz CT molecular complexity index is 525. The molecule has 0 atom stereocenters. The van der Waals surface area contributed by atoms with E-state index in [0.29, 0.717) is 12.3 Å². The molecular weight excluding hydrogens is 217 g/mol. The van der Waals surface area contributed by atoms with E-state index in [4.69, 9.17) is 10.5 Å². The molecule has 0 aliphatic rings. The van der Waals surface area contributed by atoms with Crippen LogP contribution in [0.1, 0.15) is 6.92 Å². The van der Waals surface area contributed by atoms with E-state index in [2.05, 4.69) is 0 Å². The smallest absolute Gasteiger partial charge is 0.125 e. The van der Waals surface area contributed by atoms with Crippen molar-refractivity contribution < 1.29 is 9.13 Å². The number of ether oxygens (including phenoxy) is 1. The van der Waals surface area contributed by atoms with Crippen LogP contribution in [0, 0.1) is 5.82 Å². The molecular formula is C14H14FNO. The summed E-state index contributed by atoms with van der Waals surface area (Å²) in [5.41, 5.74) is 7.96. The lowest BCUT2D eigenvalue weighted by Crippen LogP contribution is -1.93. The first kappa shape index (κ1) is 11.5. The van der Waals surface area contributed by atoms with E-state index in [1.54, 1.807) is 6.07 Å². The van der Waals surface area contributed by atoms with Crippen molar-refractivity contribution in [2.24, 2.45) is 0 Å². The number of nitrogens with two attached hydrogens (primary N) is 1. The van der Waals surface area contributed by atoms with Gasteiger partial charge in [0.25, 0.3) is 0 Å². The van der Waals surface area contributed by atoms with Gasteiger partial charge < -0.3 is 10.5 Å². The monoisotopic (exact) mass is 231 g/mol. The summed E-state index contributed by atoms with van der Waals surface area (Å²) in [6.45, 7) is 2.54. The first-order chi connectivity index (χ1) is 8.20. The zero-order chi connectivity index (χ0) is 12.3. The maximum absolute atomic E-state index is 13.0. The predicted octanol–water partition coefficient (Wildman–Crippen LogP) is 3.47. The van der Waals surface area contributed by atoms with Crippen LogP contribution in [0.4, 0.5) is 10.1 Å². The second-order valence-corrected chi connectivity index (χ2v) is 3.69. The topological polar surface area (TPSA) is 35.2 Å². The molecule has 2 aromatic rings. The zero-order valence-corrected chi connectivity index (χ0v) is 9.61. The van der Waals surface area contributed by atoms with E-state index < -0.39 is 0 Å². The number of hydrogen-bond acceptors (Lipinski definition) is 2. The van der Waals surface area contributed by atoms with Crippen molar-refractivity contribution >= 4 is 5.69 Å². The van der Waals surface area contributed by atoms with E-state index in [-0.39, 0.29) is 5.82 Å². The van der Waals surface area contributed by atoms with Crippen molar-refractivity contribution in [3.05, 3.63) is 48.3 Å². The van der Waals surface area contributed by atoms with Gasteiger partial charge >= 0.3 is 0 Å². The Labute approximate surface area is 99.8 Å². The van der Waals surface area contributed by atoms with Gasteiger partial charge in [0.05, 0.1) is 6.61 Å². The highest BCUT2D eigenvalue weighted by Crippen LogP contribution is 2.29. The molecule has 3 heteroatoms. The largest absolute Gasteiger partial charge is 0.494 e. The van der Waals surface area contributed by atoms with Gasteiger partial charge in [0.1, 0.15) is 11.6 Å². The summed E-state index contributed by atoms with van der Waals surface area (Å²) >= 11 is 0. The van der Waals surface area contributed by atoms with Crippen LogP contribution in [-0.2, 0) is 0 Å². The Hall–Kier alpha value is -2.03. The lowest BCUT2D eigenvalue weighted by molar-refractivity contribution is 0.340. The molecule has 2 N–H and O–H groups in total. The molecule has 0 saturated heterocycles. The fraction of sp³-hybridized carbons (Fsp3) is 0.143. The Balaban J connectivity index is 2.42. The summed E-state index contributed by atoms with van der Waals surface area (Å²) in [6, 6.07) is 12.0. The van der Waals surface area contributed by atoms with E-state index in [0.717, 1.165) is 16.9 Å². The van der Waals surface area contributed by atoms with Crippen LogP contribution in [0.3, 0.4) is 0 Å². The Kier molecular flexibility index (Phi) is 3.28. The van der Waals surface area contributed by atoms with E-state index in [1.165, 1.54) is 12.1 Å². The van der Waals surface area contributed by atoms with Gasteiger partial charge in [-0.3, -0.25) is 0 Å². The predicted molar refractivity (Wildman–Crippen MR) is 67.4 cm³/mol. The van der Waals surface area contributed by atoms with E-state index in [1.807, 2.05) is 31.2 Å². The zero-order valence-electron chi connectivity index (χ0n) is 9.61. The van der Waals surface area contributed by atoms with Crippen molar-refractivity contribution in [1.82, 2.24) is 0 Å². The normalized spacial score (nSPS) is 10.2. The number of nitrogen functional groups attached to an aromatic ring is 1. The van der Waals surface area contributed by atoms with Gasteiger partial charge in [-0.1, -0.05) is 12.1 Å². The lowest BCUT2D eigenvalue weighted by atomic mass is 10.0. The van der Waals surface area contributed by atoms with Crippen LogP contribution in [-0.4, -0.2) is 6.61 Å². The molecule has 17 heavy (non-hydrogen) atoms. The highest BCUT2D eigenvalue weighted by atomic mass is 19.1. The average molecular weight is 231 g/mol. The standard InChI is InChI=1S/C14H14FNO/c1-2-17-12-5-3-4-10(8-12)13-7-6-11(15)9-14(13)16/h3-9H,2,16H2,1H3. The van der Waals surface area contributed by atoms with Crippen LogP contribution in [0.15, 0.2) is 42.5 Å². The molecule has 0 heterocycles. The molecule has 0 aromatic heterocycles. The van der Waals surface area contributed by atoms with Gasteiger partial charge in [0.2, 0.25) is 0 Å². The van der Waals surface area contributed by atoms with Crippen LogP contribution in [0.5, 0.6) is 5.75 Å². The molecule has 0 spiro atoms. The Morgan fingerprint density at radius 2 is 2.00 bits per heavy atom. The first-order valence-electron chi connectivity index (χ1n) is 5.49. The molecule has 0 radical (unpaired) electrons. The molecule has 0 saturated carbocycles. The molecule has 0 aliphatic heterocycles. The summed E-state index contributed by atoms with van der Waals surface area (Å²) in [5.74, 6) is 0.459. The van der Waals surface area contributed by atoms with Gasteiger partial charge in [0, 0.05) is 11.3 Å². The number of rotatable bonds is 3. The highest BCUT2D eigenvalue weighted by Gasteiger charge is 2.04. The van der Waals surface area contributed by atoms with Crippen molar-refractivity contribution in [2.45, 2.75) is 6.92 Å². The number of halogens is 1. The van der Waals surface area contributed by atoms with Crippen LogP contribution in [0.25, 0.3) is 11.1 Å². The number of anilines is 1. The minimum Gasteiger partial charge on any atom is -0.494 e. The van der Waals surface area contributed by atoms with Crippen LogP contribution < -0.4 is 10.5 Å². The second-order valence-electron chi connectivity index (χ2n) is 3.69. The molecule has 0 amide bonds. The maximum atomic E-state index is 13.0. The van der Waals surface area contributed by atoms with Crippen molar-refractivity contribution in [3.63, 3.8) is 0 Å². The summed E-state index contributed by atoms with van der Waals surface area (Å²) in [5, 5.41) is 0. The summed E-state index contributed by atoms with van der Waals surface area (Å²) in [4.78, 5) is 0. The maximum Gasteiger partial charge on any atom is 0.125 e. The molecule has 0 unspecified atom stereocenters. The third kappa shape index (κ3) is 2.56. The Morgan fingerprint density at radius 3 is 2.71 bits per heavy atom. The highest BCUT2D eigenvalue weighted by molar-refractivity contribution is 5.76. The fourth-order valence-electron chi connectivity index (χ4n) is 1.72. The van der Waals surface area contributed by atoms with Crippen molar-refractivity contribution in [1.29, 1.82) is 0 Å². The average Bonchev–Trinajstić information content (AvgIpc) is 2.29. The van der Waals surface area contributed by atoms with E-state index in [9.17, 15) is 4.39 Å². The Morgan fingerprint density at radius 1 is 1.18 bits per heavy atom. The lowest BCUT2D eigenvalue weighted by Gasteiger charge is -2.08. The summed E-state index contributed by atoms with van der Waals surface area (Å²) < 4.78 is 18.4. The van der Waals surface area contributed by atoms with E-state index >= 15 is 0 Å². The molecule has 2 aromatic carbocycles.